The van der Waals surface area contributed by atoms with Gasteiger partial charge in [-0.2, -0.15) is 0 Å². The first kappa shape index (κ1) is 14.5. The van der Waals surface area contributed by atoms with E-state index in [-0.39, 0.29) is 5.91 Å². The highest BCUT2D eigenvalue weighted by atomic mass is 79.9. The zero-order valence-electron chi connectivity index (χ0n) is 11.3. The van der Waals surface area contributed by atoms with Gasteiger partial charge >= 0.3 is 0 Å². The number of hydrogen-bond donors (Lipinski definition) is 2. The molecule has 1 aliphatic heterocycles. The lowest BCUT2D eigenvalue weighted by molar-refractivity contribution is -0.121. The standard InChI is InChI=1S/C15H21BrN2O/c1-11-2-3-14(16)9-13(11)5-7-18-15(19)8-12-4-6-17-10-12/h2-3,9,12,17H,4-8,10H2,1H3,(H,18,19). The molecule has 0 saturated carbocycles. The second-order valence-corrected chi connectivity index (χ2v) is 6.15. The van der Waals surface area contributed by atoms with Crippen LogP contribution in [0.1, 0.15) is 24.0 Å². The summed E-state index contributed by atoms with van der Waals surface area (Å²) in [5, 5.41) is 6.31. The Morgan fingerprint density at radius 2 is 2.37 bits per heavy atom. The van der Waals surface area contributed by atoms with Crippen molar-refractivity contribution in [3.63, 3.8) is 0 Å². The Balaban J connectivity index is 1.73. The number of nitrogens with one attached hydrogen (secondary N) is 2. The molecule has 1 atom stereocenters. The minimum Gasteiger partial charge on any atom is -0.356 e. The van der Waals surface area contributed by atoms with Gasteiger partial charge in [0.05, 0.1) is 0 Å². The van der Waals surface area contributed by atoms with Crippen molar-refractivity contribution in [3.05, 3.63) is 33.8 Å². The maximum absolute atomic E-state index is 11.8. The predicted octanol–water partition coefficient (Wildman–Crippen LogP) is 2.42. The normalized spacial score (nSPS) is 18.5. The van der Waals surface area contributed by atoms with Gasteiger partial charge in [0.15, 0.2) is 0 Å². The number of halogens is 1. The number of carbonyl (C=O) groups excluding carboxylic acids is 1. The molecule has 19 heavy (non-hydrogen) atoms. The Morgan fingerprint density at radius 1 is 1.53 bits per heavy atom. The molecule has 3 nitrogen and oxygen atoms in total. The smallest absolute Gasteiger partial charge is 0.220 e. The molecule has 0 aromatic heterocycles. The molecule has 1 saturated heterocycles. The Labute approximate surface area is 123 Å². The zero-order chi connectivity index (χ0) is 13.7. The molecule has 2 N–H and O–H groups in total. The molecular weight excluding hydrogens is 304 g/mol. The number of aryl methyl sites for hydroxylation is 1. The second-order valence-electron chi connectivity index (χ2n) is 5.23. The van der Waals surface area contributed by atoms with E-state index in [1.54, 1.807) is 0 Å². The summed E-state index contributed by atoms with van der Waals surface area (Å²) in [4.78, 5) is 11.8. The van der Waals surface area contributed by atoms with E-state index in [1.165, 1.54) is 11.1 Å². The number of carbonyl (C=O) groups is 1. The summed E-state index contributed by atoms with van der Waals surface area (Å²) < 4.78 is 1.09. The van der Waals surface area contributed by atoms with Crippen molar-refractivity contribution >= 4 is 21.8 Å². The van der Waals surface area contributed by atoms with Gasteiger partial charge in [-0.1, -0.05) is 22.0 Å². The number of rotatable bonds is 5. The van der Waals surface area contributed by atoms with Gasteiger partial charge in [0.25, 0.3) is 0 Å². The van der Waals surface area contributed by atoms with Gasteiger partial charge in [-0.3, -0.25) is 4.79 Å². The highest BCUT2D eigenvalue weighted by Gasteiger charge is 2.17. The van der Waals surface area contributed by atoms with Crippen LogP contribution in [0.4, 0.5) is 0 Å². The first-order valence-corrected chi connectivity index (χ1v) is 7.67. The van der Waals surface area contributed by atoms with Crippen LogP contribution < -0.4 is 10.6 Å². The van der Waals surface area contributed by atoms with Crippen molar-refractivity contribution in [2.75, 3.05) is 19.6 Å². The largest absolute Gasteiger partial charge is 0.356 e. The molecule has 4 heteroatoms. The average molecular weight is 325 g/mol. The maximum Gasteiger partial charge on any atom is 0.220 e. The summed E-state index contributed by atoms with van der Waals surface area (Å²) >= 11 is 3.48. The summed E-state index contributed by atoms with van der Waals surface area (Å²) in [6, 6.07) is 6.28. The molecule has 1 aromatic rings. The topological polar surface area (TPSA) is 41.1 Å². The van der Waals surface area contributed by atoms with Crippen LogP contribution >= 0.6 is 15.9 Å². The third-order valence-corrected chi connectivity index (χ3v) is 4.16. The summed E-state index contributed by atoms with van der Waals surface area (Å²) in [7, 11) is 0. The van der Waals surface area contributed by atoms with Crippen molar-refractivity contribution in [3.8, 4) is 0 Å². The molecule has 1 amide bonds. The van der Waals surface area contributed by atoms with Crippen LogP contribution in [0.3, 0.4) is 0 Å². The van der Waals surface area contributed by atoms with Crippen LogP contribution in [0.5, 0.6) is 0 Å². The Bertz CT molecular complexity index is 442. The van der Waals surface area contributed by atoms with Crippen molar-refractivity contribution in [2.24, 2.45) is 5.92 Å². The van der Waals surface area contributed by atoms with E-state index >= 15 is 0 Å². The van der Waals surface area contributed by atoms with Crippen molar-refractivity contribution in [2.45, 2.75) is 26.2 Å². The van der Waals surface area contributed by atoms with Gasteiger partial charge < -0.3 is 10.6 Å². The quantitative estimate of drug-likeness (QED) is 0.873. The molecule has 2 rings (SSSR count). The second kappa shape index (κ2) is 7.06. The van der Waals surface area contributed by atoms with Crippen molar-refractivity contribution in [1.82, 2.24) is 10.6 Å². The Hall–Kier alpha value is -0.870. The van der Waals surface area contributed by atoms with Crippen molar-refractivity contribution in [1.29, 1.82) is 0 Å². The first-order chi connectivity index (χ1) is 9.15. The van der Waals surface area contributed by atoms with Crippen LogP contribution in [0.25, 0.3) is 0 Å². The van der Waals surface area contributed by atoms with Crippen LogP contribution in [0.15, 0.2) is 22.7 Å². The van der Waals surface area contributed by atoms with E-state index in [2.05, 4.69) is 45.6 Å². The maximum atomic E-state index is 11.8. The lowest BCUT2D eigenvalue weighted by Gasteiger charge is -2.10. The van der Waals surface area contributed by atoms with E-state index < -0.39 is 0 Å². The average Bonchev–Trinajstić information content (AvgIpc) is 2.86. The van der Waals surface area contributed by atoms with Gasteiger partial charge in [-0.15, -0.1) is 0 Å². The Morgan fingerprint density at radius 3 is 3.11 bits per heavy atom. The minimum atomic E-state index is 0.182. The van der Waals surface area contributed by atoms with Gasteiger partial charge in [0.1, 0.15) is 0 Å². The van der Waals surface area contributed by atoms with Crippen LogP contribution in [0.2, 0.25) is 0 Å². The fraction of sp³-hybridized carbons (Fsp3) is 0.533. The summed E-state index contributed by atoms with van der Waals surface area (Å²) in [5.74, 6) is 0.703. The SMILES string of the molecule is Cc1ccc(Br)cc1CCNC(=O)CC1CCNC1. The summed E-state index contributed by atoms with van der Waals surface area (Å²) in [6.07, 6.45) is 2.67. The van der Waals surface area contributed by atoms with E-state index in [0.717, 1.165) is 36.9 Å². The van der Waals surface area contributed by atoms with Crippen LogP contribution in [0, 0.1) is 12.8 Å². The van der Waals surface area contributed by atoms with Gasteiger partial charge in [0.2, 0.25) is 5.91 Å². The third-order valence-electron chi connectivity index (χ3n) is 3.66. The van der Waals surface area contributed by atoms with E-state index in [9.17, 15) is 4.79 Å². The summed E-state index contributed by atoms with van der Waals surface area (Å²) in [5.41, 5.74) is 2.56. The lowest BCUT2D eigenvalue weighted by Crippen LogP contribution is -2.28. The van der Waals surface area contributed by atoms with Gasteiger partial charge in [-0.25, -0.2) is 0 Å². The van der Waals surface area contributed by atoms with Crippen LogP contribution in [-0.4, -0.2) is 25.5 Å². The molecule has 1 fully saturated rings. The monoisotopic (exact) mass is 324 g/mol. The molecule has 0 spiro atoms. The highest BCUT2D eigenvalue weighted by molar-refractivity contribution is 9.10. The zero-order valence-corrected chi connectivity index (χ0v) is 12.9. The van der Waals surface area contributed by atoms with Gasteiger partial charge in [-0.05, 0) is 62.0 Å². The fourth-order valence-corrected chi connectivity index (χ4v) is 2.88. The first-order valence-electron chi connectivity index (χ1n) is 6.87. The summed E-state index contributed by atoms with van der Waals surface area (Å²) in [6.45, 7) is 4.86. The minimum absolute atomic E-state index is 0.182. The lowest BCUT2D eigenvalue weighted by atomic mass is 10.0. The molecule has 1 unspecified atom stereocenters. The molecule has 0 aliphatic carbocycles. The number of amides is 1. The van der Waals surface area contributed by atoms with Gasteiger partial charge in [0, 0.05) is 17.4 Å². The van der Waals surface area contributed by atoms with E-state index in [1.807, 2.05) is 6.07 Å². The Kier molecular flexibility index (Phi) is 5.40. The van der Waals surface area contributed by atoms with E-state index in [0.29, 0.717) is 12.3 Å². The third kappa shape index (κ3) is 4.62. The molecule has 1 aliphatic rings. The number of benzene rings is 1. The molecular formula is C15H21BrN2O. The molecule has 1 aromatic carbocycles. The molecule has 0 bridgehead atoms. The highest BCUT2D eigenvalue weighted by Crippen LogP contribution is 2.16. The molecule has 1 heterocycles. The predicted molar refractivity (Wildman–Crippen MR) is 81.2 cm³/mol. The van der Waals surface area contributed by atoms with E-state index in [4.69, 9.17) is 0 Å². The molecule has 0 radical (unpaired) electrons. The fourth-order valence-electron chi connectivity index (χ4n) is 2.47. The molecule has 104 valence electrons. The van der Waals surface area contributed by atoms with Crippen molar-refractivity contribution < 1.29 is 4.79 Å². The van der Waals surface area contributed by atoms with Crippen LogP contribution in [-0.2, 0) is 11.2 Å². The number of hydrogen-bond acceptors (Lipinski definition) is 2.